The summed E-state index contributed by atoms with van der Waals surface area (Å²) in [5, 5.41) is 4.34. The van der Waals surface area contributed by atoms with Crippen LogP contribution in [0.5, 0.6) is 0 Å². The molecule has 0 saturated carbocycles. The molecule has 1 fully saturated rings. The molecule has 2 aromatic heterocycles. The Morgan fingerprint density at radius 3 is 2.56 bits per heavy atom. The van der Waals surface area contributed by atoms with Crippen molar-refractivity contribution >= 4 is 30.8 Å². The molecule has 0 atom stereocenters. The van der Waals surface area contributed by atoms with Crippen molar-refractivity contribution in [2.24, 2.45) is 7.05 Å². The molecule has 0 aliphatic carbocycles. The van der Waals surface area contributed by atoms with Crippen molar-refractivity contribution < 1.29 is 13.2 Å². The number of halogens is 1. The summed E-state index contributed by atoms with van der Waals surface area (Å²) < 4.78 is 29.5. The molecule has 0 amide bonds. The van der Waals surface area contributed by atoms with Gasteiger partial charge in [-0.3, -0.25) is 9.48 Å². The second-order valence-electron chi connectivity index (χ2n) is 5.98. The minimum atomic E-state index is -3.97. The van der Waals surface area contributed by atoms with E-state index >= 15 is 0 Å². The molecule has 0 unspecified atom stereocenters. The molecule has 1 saturated heterocycles. The predicted molar refractivity (Wildman–Crippen MR) is 102 cm³/mol. The van der Waals surface area contributed by atoms with Crippen molar-refractivity contribution in [3.63, 3.8) is 0 Å². The van der Waals surface area contributed by atoms with E-state index in [4.69, 9.17) is 10.7 Å². The van der Waals surface area contributed by atoms with Crippen LogP contribution in [0.3, 0.4) is 0 Å². The van der Waals surface area contributed by atoms with Crippen LogP contribution in [0.15, 0.2) is 34.0 Å². The molecule has 8 nitrogen and oxygen atoms in total. The number of benzene rings is 1. The van der Waals surface area contributed by atoms with E-state index in [0.29, 0.717) is 23.1 Å². The quantitative estimate of drug-likeness (QED) is 0.521. The third-order valence-corrected chi connectivity index (χ3v) is 5.24. The average molecular weight is 411 g/mol. The Morgan fingerprint density at radius 1 is 1.30 bits per heavy atom. The van der Waals surface area contributed by atoms with Crippen molar-refractivity contribution in [1.29, 1.82) is 0 Å². The van der Waals surface area contributed by atoms with Crippen LogP contribution < -0.4 is 5.56 Å². The first kappa shape index (κ1) is 19.5. The Hall–Kier alpha value is -2.23. The summed E-state index contributed by atoms with van der Waals surface area (Å²) in [7, 11) is 3.20. The number of hydrogen-bond acceptors (Lipinski definition) is 6. The summed E-state index contributed by atoms with van der Waals surface area (Å²) >= 11 is 0. The van der Waals surface area contributed by atoms with Gasteiger partial charge in [-0.2, -0.15) is 5.10 Å². The highest BCUT2D eigenvalue weighted by molar-refractivity contribution is 8.13. The second-order valence-corrected chi connectivity index (χ2v) is 8.51. The highest BCUT2D eigenvalue weighted by Crippen LogP contribution is 2.27. The minimum Gasteiger partial charge on any atom is -0.377 e. The van der Waals surface area contributed by atoms with Crippen molar-refractivity contribution in [2.45, 2.75) is 24.7 Å². The van der Waals surface area contributed by atoms with E-state index in [2.05, 4.69) is 19.8 Å². The smallest absolute Gasteiger partial charge is 0.277 e. The van der Waals surface area contributed by atoms with E-state index in [1.807, 2.05) is 6.92 Å². The molecule has 3 heterocycles. The molecule has 3 aromatic rings. The van der Waals surface area contributed by atoms with Gasteiger partial charge in [0.15, 0.2) is 5.52 Å². The topological polar surface area (TPSA) is 110 Å². The lowest BCUT2D eigenvalue weighted by Crippen LogP contribution is -2.13. The molecule has 1 aromatic carbocycles. The summed E-state index contributed by atoms with van der Waals surface area (Å²) in [5.74, 6) is 0.151. The third kappa shape index (κ3) is 4.37. The van der Waals surface area contributed by atoms with Crippen LogP contribution in [0, 0.1) is 0 Å². The van der Waals surface area contributed by atoms with Crippen LogP contribution in [0.2, 0.25) is 0 Å². The first-order chi connectivity index (χ1) is 12.8. The molecule has 10 heteroatoms. The number of aryl methyl sites for hydroxylation is 2. The van der Waals surface area contributed by atoms with Crippen LogP contribution in [-0.2, 0) is 27.3 Å². The SMILES string of the molecule is C1CO1.CCCc1nn(C)c2c(=O)[nH]c(-c3ccccc3S(=O)(=O)Cl)nc12. The highest BCUT2D eigenvalue weighted by atomic mass is 35.7. The van der Waals surface area contributed by atoms with E-state index in [9.17, 15) is 13.2 Å². The predicted octanol–water partition coefficient (Wildman–Crippen LogP) is 2.22. The second kappa shape index (κ2) is 7.79. The lowest BCUT2D eigenvalue weighted by Gasteiger charge is -2.06. The Morgan fingerprint density at radius 2 is 1.96 bits per heavy atom. The average Bonchev–Trinajstić information content (AvgIpc) is 3.46. The number of fused-ring (bicyclic) bond motifs is 1. The third-order valence-electron chi connectivity index (χ3n) is 3.86. The zero-order valence-electron chi connectivity index (χ0n) is 14.9. The number of ether oxygens (including phenoxy) is 1. The number of H-pyrrole nitrogens is 1. The van der Waals surface area contributed by atoms with Crippen molar-refractivity contribution in [1.82, 2.24) is 19.7 Å². The molecule has 1 N–H and O–H groups in total. The fourth-order valence-corrected chi connectivity index (χ4v) is 3.73. The van der Waals surface area contributed by atoms with E-state index in [-0.39, 0.29) is 21.8 Å². The van der Waals surface area contributed by atoms with Crippen LogP contribution in [0.4, 0.5) is 0 Å². The molecular formula is C17H19ClN4O4S. The van der Waals surface area contributed by atoms with Gasteiger partial charge in [-0.1, -0.05) is 25.5 Å². The zero-order chi connectivity index (χ0) is 19.6. The molecular weight excluding hydrogens is 392 g/mol. The van der Waals surface area contributed by atoms with Gasteiger partial charge in [0.1, 0.15) is 11.3 Å². The number of aromatic amines is 1. The van der Waals surface area contributed by atoms with Crippen LogP contribution in [0.1, 0.15) is 19.0 Å². The molecule has 144 valence electrons. The highest BCUT2D eigenvalue weighted by Gasteiger charge is 2.20. The minimum absolute atomic E-state index is 0.102. The van der Waals surface area contributed by atoms with E-state index in [0.717, 1.165) is 19.6 Å². The van der Waals surface area contributed by atoms with Crippen LogP contribution in [-0.4, -0.2) is 41.4 Å². The summed E-state index contributed by atoms with van der Waals surface area (Å²) in [4.78, 5) is 19.4. The zero-order valence-corrected chi connectivity index (χ0v) is 16.5. The van der Waals surface area contributed by atoms with E-state index < -0.39 is 9.05 Å². The van der Waals surface area contributed by atoms with Gasteiger partial charge in [0, 0.05) is 23.3 Å². The maximum absolute atomic E-state index is 12.4. The Bertz CT molecular complexity index is 1130. The monoisotopic (exact) mass is 410 g/mol. The van der Waals surface area contributed by atoms with Gasteiger partial charge in [-0.15, -0.1) is 0 Å². The van der Waals surface area contributed by atoms with Gasteiger partial charge in [0.25, 0.3) is 14.6 Å². The lowest BCUT2D eigenvalue weighted by atomic mass is 10.2. The van der Waals surface area contributed by atoms with Crippen molar-refractivity contribution in [2.75, 3.05) is 13.2 Å². The molecule has 1 aliphatic rings. The maximum Gasteiger partial charge on any atom is 0.277 e. The number of nitrogens with one attached hydrogen (secondary N) is 1. The van der Waals surface area contributed by atoms with Crippen molar-refractivity contribution in [3.05, 3.63) is 40.3 Å². The normalized spacial score (nSPS) is 13.3. The lowest BCUT2D eigenvalue weighted by molar-refractivity contribution is 0.475. The number of nitrogens with zero attached hydrogens (tertiary/aromatic N) is 3. The van der Waals surface area contributed by atoms with Gasteiger partial charge in [0.2, 0.25) is 0 Å². The number of hydrogen-bond donors (Lipinski definition) is 1. The van der Waals surface area contributed by atoms with Gasteiger partial charge in [0.05, 0.1) is 23.8 Å². The fraction of sp³-hybridized carbons (Fsp3) is 0.353. The molecule has 0 radical (unpaired) electrons. The fourth-order valence-electron chi connectivity index (χ4n) is 2.65. The van der Waals surface area contributed by atoms with Gasteiger partial charge in [-0.05, 0) is 18.6 Å². The Kier molecular flexibility index (Phi) is 5.64. The van der Waals surface area contributed by atoms with Crippen LogP contribution >= 0.6 is 10.7 Å². The summed E-state index contributed by atoms with van der Waals surface area (Å²) in [6.45, 7) is 4.00. The molecule has 0 bridgehead atoms. The van der Waals surface area contributed by atoms with Crippen LogP contribution in [0.25, 0.3) is 22.4 Å². The standard InChI is InChI=1S/C15H15ClN4O3S.C2H4O/c1-3-6-10-12-13(20(2)19-10)15(21)18-14(17-12)9-7-4-5-8-11(9)24(16,22)23;1-2-3-1/h4-5,7-8H,3,6H2,1-2H3,(H,17,18,21);1-2H2. The molecule has 0 spiro atoms. The van der Waals surface area contributed by atoms with Gasteiger partial charge >= 0.3 is 0 Å². The maximum atomic E-state index is 12.4. The Balaban J connectivity index is 0.000000637. The molecule has 27 heavy (non-hydrogen) atoms. The van der Waals surface area contributed by atoms with Gasteiger partial charge < -0.3 is 9.72 Å². The van der Waals surface area contributed by atoms with Gasteiger partial charge in [-0.25, -0.2) is 13.4 Å². The summed E-state index contributed by atoms with van der Waals surface area (Å²) in [6, 6.07) is 6.14. The number of rotatable bonds is 4. The van der Waals surface area contributed by atoms with E-state index in [1.54, 1.807) is 25.2 Å². The first-order valence-electron chi connectivity index (χ1n) is 8.40. The van der Waals surface area contributed by atoms with Crippen molar-refractivity contribution in [3.8, 4) is 11.4 Å². The molecule has 4 rings (SSSR count). The number of aromatic nitrogens is 4. The molecule has 1 aliphatic heterocycles. The summed E-state index contributed by atoms with van der Waals surface area (Å²) in [5.41, 5.74) is 1.40. The Labute approximate surface area is 160 Å². The first-order valence-corrected chi connectivity index (χ1v) is 10.7. The van der Waals surface area contributed by atoms with E-state index in [1.165, 1.54) is 10.7 Å². The summed E-state index contributed by atoms with van der Waals surface area (Å²) in [6.07, 6.45) is 1.52. The number of epoxide rings is 1. The largest absolute Gasteiger partial charge is 0.377 e.